The summed E-state index contributed by atoms with van der Waals surface area (Å²) < 4.78 is 0. The largest absolute Gasteiger partial charge is 0.393 e. The van der Waals surface area contributed by atoms with Gasteiger partial charge < -0.3 is 16.0 Å². The van der Waals surface area contributed by atoms with Crippen LogP contribution < -0.4 is 11.1 Å². The Labute approximate surface area is 112 Å². The highest BCUT2D eigenvalue weighted by Gasteiger charge is 2.31. The van der Waals surface area contributed by atoms with Gasteiger partial charge in [-0.15, -0.1) is 0 Å². The summed E-state index contributed by atoms with van der Waals surface area (Å²) in [6.07, 6.45) is 6.40. The molecular formula is C12H18ClN5. The molecule has 1 aromatic rings. The first-order valence-corrected chi connectivity index (χ1v) is 6.88. The third-order valence-corrected chi connectivity index (χ3v) is 4.30. The number of rotatable bonds is 2. The van der Waals surface area contributed by atoms with Gasteiger partial charge in [0.25, 0.3) is 0 Å². The van der Waals surface area contributed by atoms with E-state index < -0.39 is 0 Å². The number of piperidine rings is 1. The Balaban J connectivity index is 1.68. The lowest BCUT2D eigenvalue weighted by Crippen LogP contribution is -2.42. The van der Waals surface area contributed by atoms with Gasteiger partial charge in [0, 0.05) is 18.6 Å². The molecule has 6 heteroatoms. The monoisotopic (exact) mass is 267 g/mol. The van der Waals surface area contributed by atoms with Crippen LogP contribution in [0.15, 0.2) is 6.33 Å². The van der Waals surface area contributed by atoms with Crippen LogP contribution in [0, 0.1) is 0 Å². The Morgan fingerprint density at radius 1 is 1.33 bits per heavy atom. The molecule has 3 N–H and O–H groups in total. The van der Waals surface area contributed by atoms with Crippen LogP contribution in [0.4, 0.5) is 11.5 Å². The number of nitrogens with two attached hydrogens (primary N) is 1. The van der Waals surface area contributed by atoms with E-state index in [4.69, 9.17) is 17.3 Å². The molecule has 2 atom stereocenters. The number of nitrogens with one attached hydrogen (secondary N) is 1. The fraction of sp³-hybridized carbons (Fsp3) is 0.667. The molecule has 0 saturated carbocycles. The fourth-order valence-corrected chi connectivity index (χ4v) is 3.17. The summed E-state index contributed by atoms with van der Waals surface area (Å²) in [4.78, 5) is 10.6. The van der Waals surface area contributed by atoms with Gasteiger partial charge in [0.05, 0.1) is 0 Å². The van der Waals surface area contributed by atoms with Gasteiger partial charge in [0.1, 0.15) is 12.0 Å². The second-order valence-corrected chi connectivity index (χ2v) is 5.48. The van der Waals surface area contributed by atoms with Crippen LogP contribution >= 0.6 is 11.6 Å². The van der Waals surface area contributed by atoms with Crippen LogP contribution in [0.3, 0.4) is 0 Å². The zero-order chi connectivity index (χ0) is 12.5. The number of nitrogen functional groups attached to an aromatic ring is 1. The van der Waals surface area contributed by atoms with E-state index in [0.29, 0.717) is 22.7 Å². The molecule has 18 heavy (non-hydrogen) atoms. The zero-order valence-corrected chi connectivity index (χ0v) is 11.0. The molecule has 2 fully saturated rings. The molecule has 0 aromatic carbocycles. The molecule has 0 aliphatic carbocycles. The van der Waals surface area contributed by atoms with Crippen molar-refractivity contribution in [3.05, 3.63) is 11.5 Å². The van der Waals surface area contributed by atoms with Crippen molar-refractivity contribution in [3.8, 4) is 0 Å². The SMILES string of the molecule is Nc1c(Cl)ncnc1NC1CCN2CCCC2C1. The number of fused-ring (bicyclic) bond motifs is 1. The fourth-order valence-electron chi connectivity index (χ4n) is 3.04. The average Bonchev–Trinajstić information content (AvgIpc) is 2.82. The normalized spacial score (nSPS) is 28.1. The van der Waals surface area contributed by atoms with Gasteiger partial charge >= 0.3 is 0 Å². The number of hydrogen-bond acceptors (Lipinski definition) is 5. The van der Waals surface area contributed by atoms with Gasteiger partial charge in [-0.1, -0.05) is 11.6 Å². The van der Waals surface area contributed by atoms with Crippen LogP contribution in [-0.4, -0.2) is 40.0 Å². The summed E-state index contributed by atoms with van der Waals surface area (Å²) in [5, 5.41) is 3.74. The molecule has 0 spiro atoms. The Hall–Kier alpha value is -1.07. The minimum absolute atomic E-state index is 0.325. The van der Waals surface area contributed by atoms with Gasteiger partial charge in [-0.2, -0.15) is 0 Å². The van der Waals surface area contributed by atoms with Gasteiger partial charge in [0.2, 0.25) is 0 Å². The second kappa shape index (κ2) is 4.90. The van der Waals surface area contributed by atoms with Gasteiger partial charge in [-0.25, -0.2) is 9.97 Å². The standard InChI is InChI=1S/C12H18ClN5/c13-11-10(14)12(16-7-15-11)17-8-3-5-18-4-1-2-9(18)6-8/h7-9H,1-6,14H2,(H,15,16,17). The first-order chi connectivity index (χ1) is 8.74. The maximum absolute atomic E-state index is 5.90. The maximum atomic E-state index is 5.90. The van der Waals surface area contributed by atoms with E-state index in [1.165, 1.54) is 38.7 Å². The van der Waals surface area contributed by atoms with E-state index >= 15 is 0 Å². The Bertz CT molecular complexity index is 438. The van der Waals surface area contributed by atoms with Crippen molar-refractivity contribution < 1.29 is 0 Å². The van der Waals surface area contributed by atoms with Gasteiger partial charge in [-0.3, -0.25) is 0 Å². The third kappa shape index (κ3) is 2.24. The number of halogens is 1. The lowest BCUT2D eigenvalue weighted by Gasteiger charge is -2.35. The quantitative estimate of drug-likeness (QED) is 0.799. The van der Waals surface area contributed by atoms with Crippen LogP contribution in [0.1, 0.15) is 25.7 Å². The predicted molar refractivity (Wildman–Crippen MR) is 72.7 cm³/mol. The van der Waals surface area contributed by atoms with Crippen molar-refractivity contribution in [2.45, 2.75) is 37.8 Å². The summed E-state index contributed by atoms with van der Waals surface area (Å²) in [5.41, 5.74) is 6.33. The highest BCUT2D eigenvalue weighted by molar-refractivity contribution is 6.32. The summed E-state index contributed by atoms with van der Waals surface area (Å²) in [5.74, 6) is 0.673. The lowest BCUT2D eigenvalue weighted by molar-refractivity contribution is 0.188. The first-order valence-electron chi connectivity index (χ1n) is 6.50. The molecule has 5 nitrogen and oxygen atoms in total. The van der Waals surface area contributed by atoms with Crippen molar-refractivity contribution in [2.24, 2.45) is 0 Å². The Kier molecular flexibility index (Phi) is 3.26. The van der Waals surface area contributed by atoms with Crippen molar-refractivity contribution in [3.63, 3.8) is 0 Å². The predicted octanol–water partition coefficient (Wildman–Crippen LogP) is 1.75. The van der Waals surface area contributed by atoms with Crippen LogP contribution in [0.5, 0.6) is 0 Å². The van der Waals surface area contributed by atoms with E-state index in [9.17, 15) is 0 Å². The molecule has 3 heterocycles. The van der Waals surface area contributed by atoms with E-state index in [-0.39, 0.29) is 0 Å². The van der Waals surface area contributed by atoms with E-state index in [1.807, 2.05) is 0 Å². The number of aromatic nitrogens is 2. The molecule has 2 aliphatic heterocycles. The summed E-state index contributed by atoms with van der Waals surface area (Å²) >= 11 is 5.90. The molecular weight excluding hydrogens is 250 g/mol. The van der Waals surface area contributed by atoms with Crippen LogP contribution in [0.2, 0.25) is 5.15 Å². The Morgan fingerprint density at radius 3 is 3.11 bits per heavy atom. The lowest BCUT2D eigenvalue weighted by atomic mass is 9.97. The minimum Gasteiger partial charge on any atom is -0.393 e. The average molecular weight is 268 g/mol. The summed E-state index contributed by atoms with van der Waals surface area (Å²) in [7, 11) is 0. The third-order valence-electron chi connectivity index (χ3n) is 4.00. The molecule has 2 unspecified atom stereocenters. The molecule has 1 aromatic heterocycles. The highest BCUT2D eigenvalue weighted by Crippen LogP contribution is 2.30. The van der Waals surface area contributed by atoms with Crippen molar-refractivity contribution in [2.75, 3.05) is 24.1 Å². The van der Waals surface area contributed by atoms with Crippen LogP contribution in [0.25, 0.3) is 0 Å². The number of anilines is 2. The van der Waals surface area contributed by atoms with Gasteiger partial charge in [-0.05, 0) is 32.2 Å². The second-order valence-electron chi connectivity index (χ2n) is 5.12. The molecule has 3 rings (SSSR count). The smallest absolute Gasteiger partial charge is 0.157 e. The summed E-state index contributed by atoms with van der Waals surface area (Å²) in [6, 6.07) is 1.17. The maximum Gasteiger partial charge on any atom is 0.157 e. The zero-order valence-electron chi connectivity index (χ0n) is 10.3. The van der Waals surface area contributed by atoms with Crippen molar-refractivity contribution >= 4 is 23.1 Å². The van der Waals surface area contributed by atoms with Crippen molar-refractivity contribution in [1.29, 1.82) is 0 Å². The number of hydrogen-bond donors (Lipinski definition) is 2. The topological polar surface area (TPSA) is 67.1 Å². The molecule has 2 aliphatic rings. The van der Waals surface area contributed by atoms with E-state index in [0.717, 1.165) is 12.5 Å². The summed E-state index contributed by atoms with van der Waals surface area (Å²) in [6.45, 7) is 2.43. The van der Waals surface area contributed by atoms with E-state index in [1.54, 1.807) is 0 Å². The molecule has 2 saturated heterocycles. The number of nitrogens with zero attached hydrogens (tertiary/aromatic N) is 3. The molecule has 98 valence electrons. The van der Waals surface area contributed by atoms with Crippen molar-refractivity contribution in [1.82, 2.24) is 14.9 Å². The molecule has 0 radical (unpaired) electrons. The highest BCUT2D eigenvalue weighted by atomic mass is 35.5. The Morgan fingerprint density at radius 2 is 2.22 bits per heavy atom. The van der Waals surface area contributed by atoms with Gasteiger partial charge in [0.15, 0.2) is 11.0 Å². The molecule has 0 amide bonds. The van der Waals surface area contributed by atoms with E-state index in [2.05, 4.69) is 20.2 Å². The molecule has 0 bridgehead atoms. The first kappa shape index (κ1) is 12.0. The minimum atomic E-state index is 0.325. The van der Waals surface area contributed by atoms with Crippen LogP contribution in [-0.2, 0) is 0 Å².